The van der Waals surface area contributed by atoms with E-state index < -0.39 is 0 Å². The number of fused-ring (bicyclic) bond motifs is 13. The van der Waals surface area contributed by atoms with E-state index in [1.54, 1.807) is 0 Å². The molecule has 2 unspecified atom stereocenters. The van der Waals surface area contributed by atoms with Crippen LogP contribution in [0.15, 0.2) is 140 Å². The molecule has 8 aromatic carbocycles. The van der Waals surface area contributed by atoms with Gasteiger partial charge >= 0.3 is 0 Å². The van der Waals surface area contributed by atoms with E-state index in [1.807, 2.05) is 0 Å². The lowest BCUT2D eigenvalue weighted by atomic mass is 9.33. The minimum Gasteiger partial charge on any atom is -0.334 e. The van der Waals surface area contributed by atoms with Crippen LogP contribution in [-0.4, -0.2) is 12.3 Å². The second-order valence-electron chi connectivity index (χ2n) is 31.0. The van der Waals surface area contributed by atoms with Gasteiger partial charge in [-0.05, 0) is 205 Å². The van der Waals surface area contributed by atoms with Crippen LogP contribution < -0.4 is 31.1 Å². The summed E-state index contributed by atoms with van der Waals surface area (Å²) in [7, 11) is 0. The topological polar surface area (TPSA) is 9.72 Å². The van der Waals surface area contributed by atoms with E-state index in [2.05, 4.69) is 272 Å². The minimum absolute atomic E-state index is 0.00191. The summed E-state index contributed by atoms with van der Waals surface area (Å²) < 4.78 is 0. The zero-order valence-electron chi connectivity index (χ0n) is 52.2. The van der Waals surface area contributed by atoms with Gasteiger partial charge in [-0.2, -0.15) is 0 Å². The molecule has 4 heteroatoms. The standard InChI is InChI=1S/C78H84BN3/c1-46-36-68-70-69(37-46)81(65-44-60-59(38-47(65)2)75(12,13)55-26-20-21-27-56(55)76(60,14)15)66-41-50(82-64-33-28-48(71(3,4)5)39-61(64)77(16)34-22-23-35-78(77,82)17)30-32-62(66)79(70)63-42-57-58(73(8,9)45-72(57,6)7)43-67(63)80(68)49-29-31-54-52(40-49)51-24-18-19-25-53(51)74(54,10)11/h18-21,24-33,36-44H,22-23,34-35,45H2,1-17H3. The third-order valence-corrected chi connectivity index (χ3v) is 22.9. The van der Waals surface area contributed by atoms with Crippen LogP contribution in [0.25, 0.3) is 11.1 Å². The van der Waals surface area contributed by atoms with Crippen LogP contribution in [0.1, 0.15) is 203 Å². The second kappa shape index (κ2) is 16.3. The van der Waals surface area contributed by atoms with Crippen LogP contribution in [0.3, 0.4) is 0 Å². The Morgan fingerprint density at radius 1 is 0.415 bits per heavy atom. The first-order valence-corrected chi connectivity index (χ1v) is 31.1. The molecule has 0 N–H and O–H groups in total. The van der Waals surface area contributed by atoms with Crippen LogP contribution in [-0.2, 0) is 37.9 Å². The molecule has 2 atom stereocenters. The molecule has 8 aromatic rings. The first-order valence-electron chi connectivity index (χ1n) is 31.1. The van der Waals surface area contributed by atoms with E-state index >= 15 is 0 Å². The monoisotopic (exact) mass is 1070 g/mol. The van der Waals surface area contributed by atoms with Gasteiger partial charge < -0.3 is 14.7 Å². The number of aryl methyl sites for hydroxylation is 2. The van der Waals surface area contributed by atoms with Crippen molar-refractivity contribution in [3.63, 3.8) is 0 Å². The van der Waals surface area contributed by atoms with Crippen LogP contribution in [0.2, 0.25) is 0 Å². The highest BCUT2D eigenvalue weighted by atomic mass is 15.3. The lowest BCUT2D eigenvalue weighted by molar-refractivity contribution is 0.195. The van der Waals surface area contributed by atoms with Crippen LogP contribution in [0.4, 0.5) is 45.5 Å². The zero-order valence-corrected chi connectivity index (χ0v) is 52.2. The zero-order chi connectivity index (χ0) is 57.5. The predicted octanol–water partition coefficient (Wildman–Crippen LogP) is 18.7. The summed E-state index contributed by atoms with van der Waals surface area (Å²) in [6, 6.07) is 56.8. The Hall–Kier alpha value is -6.78. The molecule has 0 spiro atoms. The molecule has 1 saturated carbocycles. The maximum Gasteiger partial charge on any atom is 0.252 e. The number of nitrogens with zero attached hydrogens (tertiary/aromatic N) is 3. The molecule has 7 aliphatic rings. The molecule has 0 radical (unpaired) electrons. The Labute approximate surface area is 491 Å². The van der Waals surface area contributed by atoms with Gasteiger partial charge in [0.05, 0.1) is 5.54 Å². The second-order valence-corrected chi connectivity index (χ2v) is 31.0. The summed E-state index contributed by atoms with van der Waals surface area (Å²) in [4.78, 5) is 8.28. The average molecular weight is 1070 g/mol. The van der Waals surface area contributed by atoms with Crippen molar-refractivity contribution < 1.29 is 0 Å². The highest BCUT2D eigenvalue weighted by molar-refractivity contribution is 7.00. The maximum absolute atomic E-state index is 2.83. The smallest absolute Gasteiger partial charge is 0.252 e. The predicted molar refractivity (Wildman–Crippen MR) is 350 cm³/mol. The van der Waals surface area contributed by atoms with E-state index in [4.69, 9.17) is 0 Å². The Kier molecular flexibility index (Phi) is 10.4. The fraction of sp³-hybridized carbons (Fsp3) is 0.385. The molecule has 0 bridgehead atoms. The molecule has 0 saturated heterocycles. The number of benzene rings is 8. The average Bonchev–Trinajstić information content (AvgIpc) is 2.69. The lowest BCUT2D eigenvalue weighted by Gasteiger charge is -2.51. The summed E-state index contributed by atoms with van der Waals surface area (Å²) in [6.07, 6.45) is 5.95. The van der Waals surface area contributed by atoms with Crippen LogP contribution in [0, 0.1) is 13.8 Å². The molecule has 15 rings (SSSR count). The largest absolute Gasteiger partial charge is 0.334 e. The van der Waals surface area contributed by atoms with Crippen molar-refractivity contribution in [3.05, 3.63) is 206 Å². The van der Waals surface area contributed by atoms with Gasteiger partial charge in [0, 0.05) is 67.2 Å². The van der Waals surface area contributed by atoms with E-state index in [-0.39, 0.29) is 50.2 Å². The number of anilines is 8. The SMILES string of the molecule is Cc1cc2c3c(c1)N(c1cc4c(cc1C)C(C)(C)c1ccccc1C4(C)C)c1cc(N4c5ccc(C(C)(C)C)cc5C5(C)CCCCC45C)ccc1B3c1cc3c(cc1N2c1ccc2c(c1)-c1ccccc1C2(C)C)C(C)(C)CC3(C)C. The summed E-state index contributed by atoms with van der Waals surface area (Å²) >= 11 is 0. The van der Waals surface area contributed by atoms with Crippen molar-refractivity contribution in [3.8, 4) is 11.1 Å². The van der Waals surface area contributed by atoms with Gasteiger partial charge in [-0.15, -0.1) is 0 Å². The summed E-state index contributed by atoms with van der Waals surface area (Å²) in [5, 5.41) is 0. The molecular weight excluding hydrogens is 990 g/mol. The first kappa shape index (κ1) is 52.1. The number of hydrogen-bond donors (Lipinski definition) is 0. The van der Waals surface area contributed by atoms with Gasteiger partial charge in [0.2, 0.25) is 0 Å². The molecule has 1 fully saturated rings. The van der Waals surface area contributed by atoms with Gasteiger partial charge in [0.1, 0.15) is 0 Å². The molecule has 82 heavy (non-hydrogen) atoms. The van der Waals surface area contributed by atoms with Gasteiger partial charge in [0.15, 0.2) is 0 Å². The summed E-state index contributed by atoms with van der Waals surface area (Å²) in [5.74, 6) is 0. The number of rotatable bonds is 3. The molecule has 3 heterocycles. The number of hydrogen-bond acceptors (Lipinski definition) is 3. The lowest BCUT2D eigenvalue weighted by Crippen LogP contribution is -2.61. The normalized spacial score (nSPS) is 22.7. The molecule has 4 aliphatic carbocycles. The third kappa shape index (κ3) is 6.62. The van der Waals surface area contributed by atoms with Crippen LogP contribution in [0.5, 0.6) is 0 Å². The molecule has 414 valence electrons. The molecule has 3 nitrogen and oxygen atoms in total. The van der Waals surface area contributed by atoms with E-state index in [1.165, 1.54) is 159 Å². The Morgan fingerprint density at radius 2 is 0.988 bits per heavy atom. The maximum atomic E-state index is 2.83. The van der Waals surface area contributed by atoms with E-state index in [0.717, 1.165) is 12.8 Å². The van der Waals surface area contributed by atoms with Crippen molar-refractivity contribution in [2.75, 3.05) is 14.7 Å². The van der Waals surface area contributed by atoms with Gasteiger partial charge in [-0.3, -0.25) is 0 Å². The van der Waals surface area contributed by atoms with Gasteiger partial charge in [0.25, 0.3) is 6.71 Å². The van der Waals surface area contributed by atoms with Crippen molar-refractivity contribution >= 4 is 68.6 Å². The first-order chi connectivity index (χ1) is 38.6. The summed E-state index contributed by atoms with van der Waals surface area (Å²) in [5.41, 5.74) is 33.8. The van der Waals surface area contributed by atoms with Gasteiger partial charge in [-0.25, -0.2) is 0 Å². The van der Waals surface area contributed by atoms with E-state index in [9.17, 15) is 0 Å². The van der Waals surface area contributed by atoms with Crippen molar-refractivity contribution in [2.24, 2.45) is 0 Å². The van der Waals surface area contributed by atoms with Crippen molar-refractivity contribution in [1.29, 1.82) is 0 Å². The quantitative estimate of drug-likeness (QED) is 0.163. The molecule has 0 amide bonds. The summed E-state index contributed by atoms with van der Waals surface area (Å²) in [6.45, 7) is 41.7. The van der Waals surface area contributed by atoms with E-state index in [0.29, 0.717) is 0 Å². The highest BCUT2D eigenvalue weighted by Crippen LogP contribution is 2.63. The third-order valence-electron chi connectivity index (χ3n) is 22.9. The Bertz CT molecular complexity index is 4140. The molecular formula is C78H84BN3. The Morgan fingerprint density at radius 3 is 1.68 bits per heavy atom. The fourth-order valence-electron chi connectivity index (χ4n) is 18.5. The highest BCUT2D eigenvalue weighted by Gasteiger charge is 2.58. The van der Waals surface area contributed by atoms with Crippen molar-refractivity contribution in [1.82, 2.24) is 0 Å². The van der Waals surface area contributed by atoms with Gasteiger partial charge in [-0.1, -0.05) is 195 Å². The minimum atomic E-state index is -0.221. The van der Waals surface area contributed by atoms with Crippen molar-refractivity contribution in [2.45, 2.75) is 193 Å². The van der Waals surface area contributed by atoms with Crippen LogP contribution >= 0.6 is 0 Å². The molecule has 0 aromatic heterocycles. The fourth-order valence-corrected chi connectivity index (χ4v) is 18.5. The Balaban J connectivity index is 1.03. The molecule has 3 aliphatic heterocycles.